The molecule has 2 N–H and O–H groups in total. The first kappa shape index (κ1) is 8.90. The number of aryl methyl sites for hydroxylation is 1. The summed E-state index contributed by atoms with van der Waals surface area (Å²) >= 11 is 1.62. The maximum atomic E-state index is 4.01. The number of aromatic nitrogens is 2. The fourth-order valence-electron chi connectivity index (χ4n) is 1.49. The van der Waals surface area contributed by atoms with Gasteiger partial charge < -0.3 is 10.6 Å². The van der Waals surface area contributed by atoms with Gasteiger partial charge in [-0.2, -0.15) is 0 Å². The molecule has 0 radical (unpaired) electrons. The van der Waals surface area contributed by atoms with Gasteiger partial charge in [-0.15, -0.1) is 10.2 Å². The number of nitrogens with one attached hydrogen (secondary N) is 2. The van der Waals surface area contributed by atoms with Crippen LogP contribution in [0.15, 0.2) is 0 Å². The molecule has 13 heavy (non-hydrogen) atoms. The minimum Gasteiger partial charge on any atom is -0.360 e. The lowest BCUT2D eigenvalue weighted by molar-refractivity contribution is 0.615. The van der Waals surface area contributed by atoms with E-state index in [-0.39, 0.29) is 0 Å². The third-order valence-electron chi connectivity index (χ3n) is 2.23. The SMILES string of the molecule is Cc1nnc(NCC2CCNC2)s1. The molecule has 1 unspecified atom stereocenters. The van der Waals surface area contributed by atoms with Crippen molar-refractivity contribution in [3.63, 3.8) is 0 Å². The molecule has 0 amide bonds. The summed E-state index contributed by atoms with van der Waals surface area (Å²) in [4.78, 5) is 0. The topological polar surface area (TPSA) is 49.8 Å². The molecule has 0 bridgehead atoms. The largest absolute Gasteiger partial charge is 0.360 e. The molecule has 1 saturated heterocycles. The van der Waals surface area contributed by atoms with Crippen molar-refractivity contribution in [3.8, 4) is 0 Å². The van der Waals surface area contributed by atoms with Crippen LogP contribution < -0.4 is 10.6 Å². The Bertz CT molecular complexity index is 267. The minimum atomic E-state index is 0.754. The van der Waals surface area contributed by atoms with Gasteiger partial charge in [0, 0.05) is 6.54 Å². The van der Waals surface area contributed by atoms with Crippen LogP contribution in [0.25, 0.3) is 0 Å². The van der Waals surface area contributed by atoms with E-state index >= 15 is 0 Å². The van der Waals surface area contributed by atoms with Crippen LogP contribution >= 0.6 is 11.3 Å². The van der Waals surface area contributed by atoms with Crippen LogP contribution in [0.2, 0.25) is 0 Å². The second-order valence-corrected chi connectivity index (χ2v) is 4.55. The molecular weight excluding hydrogens is 184 g/mol. The van der Waals surface area contributed by atoms with Gasteiger partial charge in [-0.3, -0.25) is 0 Å². The van der Waals surface area contributed by atoms with Crippen molar-refractivity contribution in [2.75, 3.05) is 25.0 Å². The molecular formula is C8H14N4S. The van der Waals surface area contributed by atoms with Crippen molar-refractivity contribution >= 4 is 16.5 Å². The fraction of sp³-hybridized carbons (Fsp3) is 0.750. The highest BCUT2D eigenvalue weighted by molar-refractivity contribution is 7.15. The lowest BCUT2D eigenvalue weighted by atomic mass is 10.1. The second-order valence-electron chi connectivity index (χ2n) is 3.37. The van der Waals surface area contributed by atoms with Gasteiger partial charge in [-0.25, -0.2) is 0 Å². The van der Waals surface area contributed by atoms with Gasteiger partial charge in [0.15, 0.2) is 0 Å². The standard InChI is InChI=1S/C8H14N4S/c1-6-11-12-8(13-6)10-5-7-2-3-9-4-7/h7,9H,2-5H2,1H3,(H,10,12). The highest BCUT2D eigenvalue weighted by Crippen LogP contribution is 2.15. The quantitative estimate of drug-likeness (QED) is 0.756. The van der Waals surface area contributed by atoms with Gasteiger partial charge in [0.25, 0.3) is 0 Å². The maximum absolute atomic E-state index is 4.01. The third kappa shape index (κ3) is 2.38. The van der Waals surface area contributed by atoms with Gasteiger partial charge in [0.1, 0.15) is 5.01 Å². The van der Waals surface area contributed by atoms with Gasteiger partial charge in [-0.1, -0.05) is 11.3 Å². The monoisotopic (exact) mass is 198 g/mol. The lowest BCUT2D eigenvalue weighted by Gasteiger charge is -2.07. The van der Waals surface area contributed by atoms with Crippen molar-refractivity contribution in [2.24, 2.45) is 5.92 Å². The number of anilines is 1. The normalized spacial score (nSPS) is 22.1. The molecule has 1 atom stereocenters. The van der Waals surface area contributed by atoms with E-state index in [1.54, 1.807) is 11.3 Å². The molecule has 1 aliphatic rings. The molecule has 1 aliphatic heterocycles. The van der Waals surface area contributed by atoms with Crippen molar-refractivity contribution in [2.45, 2.75) is 13.3 Å². The first-order chi connectivity index (χ1) is 6.34. The van der Waals surface area contributed by atoms with Gasteiger partial charge in [0.05, 0.1) is 0 Å². The second kappa shape index (κ2) is 4.02. The smallest absolute Gasteiger partial charge is 0.205 e. The Morgan fingerprint density at radius 2 is 2.54 bits per heavy atom. The van der Waals surface area contributed by atoms with E-state index in [0.29, 0.717) is 0 Å². The zero-order chi connectivity index (χ0) is 9.10. The Kier molecular flexibility index (Phi) is 2.75. The Morgan fingerprint density at radius 3 is 3.15 bits per heavy atom. The van der Waals surface area contributed by atoms with E-state index in [1.807, 2.05) is 6.92 Å². The third-order valence-corrected chi connectivity index (χ3v) is 3.03. The molecule has 0 spiro atoms. The molecule has 2 heterocycles. The lowest BCUT2D eigenvalue weighted by Crippen LogP contribution is -2.17. The highest BCUT2D eigenvalue weighted by atomic mass is 32.1. The predicted octanol–water partition coefficient (Wildman–Crippen LogP) is 0.868. The molecule has 1 fully saturated rings. The summed E-state index contributed by atoms with van der Waals surface area (Å²) in [6.45, 7) is 5.27. The number of hydrogen-bond donors (Lipinski definition) is 2. The summed E-state index contributed by atoms with van der Waals surface area (Å²) in [7, 11) is 0. The summed E-state index contributed by atoms with van der Waals surface area (Å²) in [6.07, 6.45) is 1.27. The summed E-state index contributed by atoms with van der Waals surface area (Å²) < 4.78 is 0. The van der Waals surface area contributed by atoms with Crippen molar-refractivity contribution in [3.05, 3.63) is 5.01 Å². The summed E-state index contributed by atoms with van der Waals surface area (Å²) in [5.74, 6) is 0.754. The van der Waals surface area contributed by atoms with Crippen LogP contribution in [0.3, 0.4) is 0 Å². The summed E-state index contributed by atoms with van der Waals surface area (Å²) in [5, 5.41) is 16.6. The van der Waals surface area contributed by atoms with Crippen LogP contribution in [0.4, 0.5) is 5.13 Å². The zero-order valence-corrected chi connectivity index (χ0v) is 8.52. The number of hydrogen-bond acceptors (Lipinski definition) is 5. The van der Waals surface area contributed by atoms with Crippen LogP contribution in [-0.2, 0) is 0 Å². The Hall–Kier alpha value is -0.680. The predicted molar refractivity (Wildman–Crippen MR) is 54.1 cm³/mol. The molecule has 1 aromatic rings. The highest BCUT2D eigenvalue weighted by Gasteiger charge is 2.14. The first-order valence-corrected chi connectivity index (χ1v) is 5.41. The van der Waals surface area contributed by atoms with Gasteiger partial charge >= 0.3 is 0 Å². The summed E-state index contributed by atoms with van der Waals surface area (Å²) in [6, 6.07) is 0. The molecule has 0 aliphatic carbocycles. The van der Waals surface area contributed by atoms with Crippen molar-refractivity contribution in [1.82, 2.24) is 15.5 Å². The Labute approximate surface area is 81.8 Å². The van der Waals surface area contributed by atoms with Crippen LogP contribution in [0.5, 0.6) is 0 Å². The van der Waals surface area contributed by atoms with Gasteiger partial charge in [0.2, 0.25) is 5.13 Å². The van der Waals surface area contributed by atoms with E-state index in [0.717, 1.165) is 35.7 Å². The maximum Gasteiger partial charge on any atom is 0.205 e. The molecule has 0 aromatic carbocycles. The zero-order valence-electron chi connectivity index (χ0n) is 7.71. The van der Waals surface area contributed by atoms with Crippen molar-refractivity contribution in [1.29, 1.82) is 0 Å². The molecule has 5 heteroatoms. The van der Waals surface area contributed by atoms with E-state index < -0.39 is 0 Å². The Balaban J connectivity index is 1.78. The molecule has 1 aromatic heterocycles. The minimum absolute atomic E-state index is 0.754. The van der Waals surface area contributed by atoms with E-state index in [4.69, 9.17) is 0 Å². The average Bonchev–Trinajstić information content (AvgIpc) is 2.71. The van der Waals surface area contributed by atoms with E-state index in [2.05, 4.69) is 20.8 Å². The molecule has 2 rings (SSSR count). The molecule has 0 saturated carbocycles. The van der Waals surface area contributed by atoms with Crippen LogP contribution in [0.1, 0.15) is 11.4 Å². The van der Waals surface area contributed by atoms with Crippen molar-refractivity contribution < 1.29 is 0 Å². The molecule has 4 nitrogen and oxygen atoms in total. The Morgan fingerprint density at radius 1 is 1.62 bits per heavy atom. The van der Waals surface area contributed by atoms with E-state index in [9.17, 15) is 0 Å². The molecule has 72 valence electrons. The number of nitrogens with zero attached hydrogens (tertiary/aromatic N) is 2. The number of rotatable bonds is 3. The first-order valence-electron chi connectivity index (χ1n) is 4.59. The van der Waals surface area contributed by atoms with Crippen LogP contribution in [0, 0.1) is 12.8 Å². The summed E-state index contributed by atoms with van der Waals surface area (Å²) in [5.41, 5.74) is 0. The average molecular weight is 198 g/mol. The fourth-order valence-corrected chi connectivity index (χ4v) is 2.09. The van der Waals surface area contributed by atoms with E-state index in [1.165, 1.54) is 6.42 Å². The van der Waals surface area contributed by atoms with Crippen LogP contribution in [-0.4, -0.2) is 29.8 Å². The van der Waals surface area contributed by atoms with Gasteiger partial charge in [-0.05, 0) is 32.4 Å².